The molecule has 20 heavy (non-hydrogen) atoms. The van der Waals surface area contributed by atoms with Crippen molar-refractivity contribution in [2.24, 2.45) is 0 Å². The van der Waals surface area contributed by atoms with Crippen LogP contribution in [-0.2, 0) is 0 Å². The van der Waals surface area contributed by atoms with Crippen LogP contribution in [0, 0.1) is 6.92 Å². The molecule has 4 heteroatoms. The number of aryl methyl sites for hydroxylation is 1. The lowest BCUT2D eigenvalue weighted by atomic mass is 10.0. The summed E-state index contributed by atoms with van der Waals surface area (Å²) in [6.07, 6.45) is 4.77. The van der Waals surface area contributed by atoms with Crippen LogP contribution in [0.15, 0.2) is 41.1 Å². The Kier molecular flexibility index (Phi) is 4.14. The van der Waals surface area contributed by atoms with Gasteiger partial charge in [-0.25, -0.2) is 0 Å². The summed E-state index contributed by atoms with van der Waals surface area (Å²) in [5.74, 6) is 0.980. The van der Waals surface area contributed by atoms with E-state index >= 15 is 0 Å². The van der Waals surface area contributed by atoms with Gasteiger partial charge in [0.05, 0.1) is 12.0 Å². The molecule has 2 aromatic rings. The highest BCUT2D eigenvalue weighted by Crippen LogP contribution is 2.29. The fourth-order valence-corrected chi connectivity index (χ4v) is 2.84. The quantitative estimate of drug-likeness (QED) is 0.930. The van der Waals surface area contributed by atoms with E-state index in [1.165, 1.54) is 5.56 Å². The van der Waals surface area contributed by atoms with Crippen molar-refractivity contribution >= 4 is 0 Å². The molecule has 1 atom stereocenters. The molecule has 0 aliphatic carbocycles. The molecule has 0 spiro atoms. The summed E-state index contributed by atoms with van der Waals surface area (Å²) < 4.78 is 5.70. The molecule has 1 N–H and O–H groups in total. The fraction of sp³-hybridized carbons (Fsp3) is 0.438. The standard InChI is InChI=1S/C16H21N3O/c1-13-5-2-8-18-15(13)16(14-6-3-12-20-14)19-10-4-7-17-9-11-19/h2-3,5-6,8,12,16-17H,4,7,9-11H2,1H3. The summed E-state index contributed by atoms with van der Waals surface area (Å²) in [7, 11) is 0. The average Bonchev–Trinajstić information content (AvgIpc) is 2.85. The molecule has 3 rings (SSSR count). The number of hydrogen-bond donors (Lipinski definition) is 1. The second kappa shape index (κ2) is 6.20. The average molecular weight is 271 g/mol. The first-order valence-electron chi connectivity index (χ1n) is 7.26. The number of nitrogens with zero attached hydrogens (tertiary/aromatic N) is 2. The maximum absolute atomic E-state index is 5.70. The van der Waals surface area contributed by atoms with Crippen molar-refractivity contribution < 1.29 is 4.42 Å². The first kappa shape index (κ1) is 13.3. The minimum Gasteiger partial charge on any atom is -0.467 e. The van der Waals surface area contributed by atoms with Gasteiger partial charge in [-0.3, -0.25) is 9.88 Å². The third-order valence-electron chi connectivity index (χ3n) is 3.86. The third-order valence-corrected chi connectivity index (χ3v) is 3.86. The summed E-state index contributed by atoms with van der Waals surface area (Å²) in [6, 6.07) is 8.23. The molecule has 0 amide bonds. The van der Waals surface area contributed by atoms with Gasteiger partial charge >= 0.3 is 0 Å². The Morgan fingerprint density at radius 2 is 2.20 bits per heavy atom. The van der Waals surface area contributed by atoms with E-state index in [1.807, 2.05) is 18.3 Å². The van der Waals surface area contributed by atoms with E-state index in [-0.39, 0.29) is 6.04 Å². The van der Waals surface area contributed by atoms with E-state index in [0.29, 0.717) is 0 Å². The minimum atomic E-state index is 0.117. The monoisotopic (exact) mass is 271 g/mol. The van der Waals surface area contributed by atoms with Crippen LogP contribution in [-0.4, -0.2) is 36.1 Å². The highest BCUT2D eigenvalue weighted by Gasteiger charge is 2.27. The molecule has 1 fully saturated rings. The van der Waals surface area contributed by atoms with Crippen LogP contribution in [0.25, 0.3) is 0 Å². The van der Waals surface area contributed by atoms with Gasteiger partial charge in [0.2, 0.25) is 0 Å². The number of aromatic nitrogens is 1. The molecule has 1 saturated heterocycles. The van der Waals surface area contributed by atoms with Gasteiger partial charge in [-0.2, -0.15) is 0 Å². The van der Waals surface area contributed by atoms with Gasteiger partial charge in [0.1, 0.15) is 11.8 Å². The van der Waals surface area contributed by atoms with Crippen molar-refractivity contribution in [1.82, 2.24) is 15.2 Å². The van der Waals surface area contributed by atoms with E-state index in [0.717, 1.165) is 44.1 Å². The molecule has 106 valence electrons. The topological polar surface area (TPSA) is 41.3 Å². The number of pyridine rings is 1. The van der Waals surface area contributed by atoms with Crippen molar-refractivity contribution in [3.05, 3.63) is 53.7 Å². The van der Waals surface area contributed by atoms with Crippen molar-refractivity contribution in [1.29, 1.82) is 0 Å². The van der Waals surface area contributed by atoms with E-state index in [4.69, 9.17) is 4.42 Å². The van der Waals surface area contributed by atoms with Crippen LogP contribution in [0.1, 0.15) is 29.5 Å². The molecule has 0 radical (unpaired) electrons. The van der Waals surface area contributed by atoms with Gasteiger partial charge in [0.25, 0.3) is 0 Å². The Morgan fingerprint density at radius 1 is 1.25 bits per heavy atom. The Morgan fingerprint density at radius 3 is 3.00 bits per heavy atom. The lowest BCUT2D eigenvalue weighted by molar-refractivity contribution is 0.212. The van der Waals surface area contributed by atoms with E-state index in [9.17, 15) is 0 Å². The second-order valence-corrected chi connectivity index (χ2v) is 5.26. The summed E-state index contributed by atoms with van der Waals surface area (Å²) >= 11 is 0. The highest BCUT2D eigenvalue weighted by molar-refractivity contribution is 5.27. The van der Waals surface area contributed by atoms with Crippen LogP contribution in [0.2, 0.25) is 0 Å². The van der Waals surface area contributed by atoms with Gasteiger partial charge in [-0.1, -0.05) is 6.07 Å². The lowest BCUT2D eigenvalue weighted by Crippen LogP contribution is -2.33. The normalized spacial score (nSPS) is 18.6. The van der Waals surface area contributed by atoms with E-state index in [1.54, 1.807) is 6.26 Å². The van der Waals surface area contributed by atoms with Gasteiger partial charge in [-0.15, -0.1) is 0 Å². The minimum absolute atomic E-state index is 0.117. The van der Waals surface area contributed by atoms with Gasteiger partial charge in [0, 0.05) is 25.8 Å². The zero-order valence-corrected chi connectivity index (χ0v) is 11.9. The summed E-state index contributed by atoms with van der Waals surface area (Å²) in [5.41, 5.74) is 2.32. The van der Waals surface area contributed by atoms with E-state index in [2.05, 4.69) is 34.3 Å². The van der Waals surface area contributed by atoms with Gasteiger partial charge in [0.15, 0.2) is 0 Å². The van der Waals surface area contributed by atoms with Crippen molar-refractivity contribution in [3.8, 4) is 0 Å². The summed E-state index contributed by atoms with van der Waals surface area (Å²) in [5, 5.41) is 3.45. The Balaban J connectivity index is 1.98. The van der Waals surface area contributed by atoms with Crippen LogP contribution in [0.5, 0.6) is 0 Å². The SMILES string of the molecule is Cc1cccnc1C(c1ccco1)N1CCCNCC1. The predicted octanol–water partition coefficient (Wildman–Crippen LogP) is 2.37. The maximum atomic E-state index is 5.70. The molecule has 0 aromatic carbocycles. The maximum Gasteiger partial charge on any atom is 0.127 e. The Labute approximate surface area is 119 Å². The molecule has 4 nitrogen and oxygen atoms in total. The molecule has 1 aliphatic heterocycles. The number of furan rings is 1. The molecule has 1 unspecified atom stereocenters. The first-order chi connectivity index (χ1) is 9.86. The van der Waals surface area contributed by atoms with E-state index < -0.39 is 0 Å². The number of hydrogen-bond acceptors (Lipinski definition) is 4. The molecular formula is C16H21N3O. The van der Waals surface area contributed by atoms with Crippen LogP contribution in [0.3, 0.4) is 0 Å². The molecule has 0 bridgehead atoms. The Hall–Kier alpha value is -1.65. The highest BCUT2D eigenvalue weighted by atomic mass is 16.3. The molecule has 0 saturated carbocycles. The Bertz CT molecular complexity index is 530. The molecule has 2 aromatic heterocycles. The predicted molar refractivity (Wildman–Crippen MR) is 78.6 cm³/mol. The zero-order chi connectivity index (χ0) is 13.8. The van der Waals surface area contributed by atoms with Crippen molar-refractivity contribution in [3.63, 3.8) is 0 Å². The van der Waals surface area contributed by atoms with Crippen LogP contribution in [0.4, 0.5) is 0 Å². The third kappa shape index (κ3) is 2.76. The number of rotatable bonds is 3. The summed E-state index contributed by atoms with van der Waals surface area (Å²) in [4.78, 5) is 7.08. The number of nitrogens with one attached hydrogen (secondary N) is 1. The lowest BCUT2D eigenvalue weighted by Gasteiger charge is -2.29. The van der Waals surface area contributed by atoms with Crippen molar-refractivity contribution in [2.45, 2.75) is 19.4 Å². The summed E-state index contributed by atoms with van der Waals surface area (Å²) in [6.45, 7) is 6.30. The zero-order valence-electron chi connectivity index (χ0n) is 11.9. The smallest absolute Gasteiger partial charge is 0.127 e. The molecular weight excluding hydrogens is 250 g/mol. The van der Waals surface area contributed by atoms with Gasteiger partial charge < -0.3 is 9.73 Å². The molecule has 1 aliphatic rings. The van der Waals surface area contributed by atoms with Crippen molar-refractivity contribution in [2.75, 3.05) is 26.2 Å². The first-order valence-corrected chi connectivity index (χ1v) is 7.26. The van der Waals surface area contributed by atoms with Crippen LogP contribution >= 0.6 is 0 Å². The largest absolute Gasteiger partial charge is 0.467 e. The second-order valence-electron chi connectivity index (χ2n) is 5.26. The molecule has 3 heterocycles. The van der Waals surface area contributed by atoms with Crippen LogP contribution < -0.4 is 5.32 Å². The fourth-order valence-electron chi connectivity index (χ4n) is 2.84. The van der Waals surface area contributed by atoms with Gasteiger partial charge in [-0.05, 0) is 43.7 Å².